The van der Waals surface area contributed by atoms with Crippen LogP contribution in [0.2, 0.25) is 0 Å². The van der Waals surface area contributed by atoms with Crippen LogP contribution in [0.1, 0.15) is 46.0 Å². The molecule has 3 heteroatoms. The predicted octanol–water partition coefficient (Wildman–Crippen LogP) is 2.98. The van der Waals surface area contributed by atoms with Gasteiger partial charge in [0.25, 0.3) is 0 Å². The largest absolute Gasteiger partial charge is 0.312 e. The van der Waals surface area contributed by atoms with Gasteiger partial charge >= 0.3 is 0 Å². The maximum atomic E-state index is 3.77. The van der Waals surface area contributed by atoms with Crippen LogP contribution in [0.3, 0.4) is 0 Å². The highest BCUT2D eigenvalue weighted by Gasteiger charge is 2.26. The van der Waals surface area contributed by atoms with E-state index in [0.29, 0.717) is 6.04 Å². The molecule has 0 aromatic heterocycles. The summed E-state index contributed by atoms with van der Waals surface area (Å²) in [5.41, 5.74) is 0. The fourth-order valence-corrected chi connectivity index (χ4v) is 3.82. The molecule has 1 heterocycles. The third-order valence-electron chi connectivity index (χ3n) is 3.68. The van der Waals surface area contributed by atoms with Gasteiger partial charge in [-0.15, -0.1) is 0 Å². The number of rotatable bonds is 8. The summed E-state index contributed by atoms with van der Waals surface area (Å²) >= 11 is 2.13. The van der Waals surface area contributed by atoms with Crippen molar-refractivity contribution in [2.45, 2.75) is 58.0 Å². The van der Waals surface area contributed by atoms with E-state index in [9.17, 15) is 0 Å². The highest BCUT2D eigenvalue weighted by atomic mass is 32.2. The van der Waals surface area contributed by atoms with Crippen LogP contribution in [0.4, 0.5) is 0 Å². The Labute approximate surface area is 112 Å². The molecule has 0 saturated carbocycles. The molecule has 1 N–H and O–H groups in total. The summed E-state index contributed by atoms with van der Waals surface area (Å²) in [6.45, 7) is 6.98. The van der Waals surface area contributed by atoms with Crippen molar-refractivity contribution in [2.24, 2.45) is 0 Å². The minimum atomic E-state index is 0.708. The monoisotopic (exact) mass is 258 g/mol. The second kappa shape index (κ2) is 9.23. The minimum absolute atomic E-state index is 0.708. The SMILES string of the molecule is CCCCCC(NCCC)C1CSCCN1C. The Kier molecular flexibility index (Phi) is 8.33. The summed E-state index contributed by atoms with van der Waals surface area (Å²) in [7, 11) is 2.30. The number of nitrogens with one attached hydrogen (secondary N) is 1. The van der Waals surface area contributed by atoms with Crippen molar-refractivity contribution in [1.29, 1.82) is 0 Å². The summed E-state index contributed by atoms with van der Waals surface area (Å²) in [5.74, 6) is 2.62. The minimum Gasteiger partial charge on any atom is -0.312 e. The van der Waals surface area contributed by atoms with Gasteiger partial charge in [-0.25, -0.2) is 0 Å². The third-order valence-corrected chi connectivity index (χ3v) is 4.73. The molecule has 0 radical (unpaired) electrons. The second-order valence-corrected chi connectivity index (χ2v) is 6.33. The average Bonchev–Trinajstić information content (AvgIpc) is 2.35. The number of hydrogen-bond donors (Lipinski definition) is 1. The van der Waals surface area contributed by atoms with E-state index in [2.05, 4.69) is 42.9 Å². The highest BCUT2D eigenvalue weighted by molar-refractivity contribution is 7.99. The Morgan fingerprint density at radius 2 is 2.12 bits per heavy atom. The number of nitrogens with zero attached hydrogens (tertiary/aromatic N) is 1. The maximum Gasteiger partial charge on any atom is 0.0337 e. The van der Waals surface area contributed by atoms with Crippen molar-refractivity contribution < 1.29 is 0 Å². The Balaban J connectivity index is 2.41. The Hall–Kier alpha value is 0.270. The summed E-state index contributed by atoms with van der Waals surface area (Å²) in [6.07, 6.45) is 6.69. The lowest BCUT2D eigenvalue weighted by Gasteiger charge is -2.38. The first-order valence-electron chi connectivity index (χ1n) is 7.31. The van der Waals surface area contributed by atoms with Crippen LogP contribution in [0.15, 0.2) is 0 Å². The molecule has 1 saturated heterocycles. The van der Waals surface area contributed by atoms with E-state index in [1.165, 1.54) is 56.7 Å². The zero-order valence-electron chi connectivity index (χ0n) is 11.9. The molecule has 1 aliphatic heterocycles. The molecule has 1 fully saturated rings. The third kappa shape index (κ3) is 5.62. The van der Waals surface area contributed by atoms with E-state index in [0.717, 1.165) is 6.04 Å². The molecular formula is C14H30N2S. The van der Waals surface area contributed by atoms with Crippen LogP contribution < -0.4 is 5.32 Å². The Bertz CT molecular complexity index is 187. The molecule has 0 bridgehead atoms. The molecule has 0 amide bonds. The van der Waals surface area contributed by atoms with Gasteiger partial charge in [0.15, 0.2) is 0 Å². The van der Waals surface area contributed by atoms with Crippen LogP contribution in [0, 0.1) is 0 Å². The quantitative estimate of drug-likeness (QED) is 0.674. The van der Waals surface area contributed by atoms with Crippen molar-refractivity contribution in [2.75, 3.05) is 31.6 Å². The summed E-state index contributed by atoms with van der Waals surface area (Å²) < 4.78 is 0. The molecular weight excluding hydrogens is 228 g/mol. The molecule has 17 heavy (non-hydrogen) atoms. The van der Waals surface area contributed by atoms with Crippen molar-refractivity contribution in [3.63, 3.8) is 0 Å². The Morgan fingerprint density at radius 1 is 1.29 bits per heavy atom. The van der Waals surface area contributed by atoms with Gasteiger partial charge in [-0.1, -0.05) is 33.1 Å². The number of thioether (sulfide) groups is 1. The van der Waals surface area contributed by atoms with Gasteiger partial charge < -0.3 is 10.2 Å². The van der Waals surface area contributed by atoms with Crippen LogP contribution >= 0.6 is 11.8 Å². The highest BCUT2D eigenvalue weighted by Crippen LogP contribution is 2.20. The average molecular weight is 258 g/mol. The van der Waals surface area contributed by atoms with Gasteiger partial charge in [0.2, 0.25) is 0 Å². The number of likely N-dealkylation sites (N-methyl/N-ethyl adjacent to an activating group) is 1. The van der Waals surface area contributed by atoms with E-state index in [1.807, 2.05) is 0 Å². The van der Waals surface area contributed by atoms with Gasteiger partial charge in [-0.2, -0.15) is 11.8 Å². The zero-order chi connectivity index (χ0) is 12.5. The molecule has 0 aliphatic carbocycles. The van der Waals surface area contributed by atoms with E-state index in [4.69, 9.17) is 0 Å². The lowest BCUT2D eigenvalue weighted by atomic mass is 10.0. The fourth-order valence-electron chi connectivity index (χ4n) is 2.50. The van der Waals surface area contributed by atoms with Crippen molar-refractivity contribution in [3.05, 3.63) is 0 Å². The van der Waals surface area contributed by atoms with E-state index in [1.54, 1.807) is 0 Å². The van der Waals surface area contributed by atoms with Gasteiger partial charge in [0.05, 0.1) is 0 Å². The normalized spacial score (nSPS) is 23.8. The Morgan fingerprint density at radius 3 is 2.76 bits per heavy atom. The van der Waals surface area contributed by atoms with Crippen LogP contribution in [-0.4, -0.2) is 48.6 Å². The first-order valence-corrected chi connectivity index (χ1v) is 8.46. The lowest BCUT2D eigenvalue weighted by Crippen LogP contribution is -2.52. The van der Waals surface area contributed by atoms with Gasteiger partial charge in [0, 0.05) is 30.1 Å². The second-order valence-electron chi connectivity index (χ2n) is 5.18. The van der Waals surface area contributed by atoms with Gasteiger partial charge in [-0.3, -0.25) is 0 Å². The van der Waals surface area contributed by atoms with Crippen LogP contribution in [-0.2, 0) is 0 Å². The molecule has 2 atom stereocenters. The molecule has 2 nitrogen and oxygen atoms in total. The summed E-state index contributed by atoms with van der Waals surface area (Å²) in [4.78, 5) is 2.57. The summed E-state index contributed by atoms with van der Waals surface area (Å²) in [5, 5.41) is 3.77. The van der Waals surface area contributed by atoms with Crippen molar-refractivity contribution >= 4 is 11.8 Å². The molecule has 1 rings (SSSR count). The lowest BCUT2D eigenvalue weighted by molar-refractivity contribution is 0.205. The maximum absolute atomic E-state index is 3.77. The summed E-state index contributed by atoms with van der Waals surface area (Å²) in [6, 6.07) is 1.46. The van der Waals surface area contributed by atoms with Crippen molar-refractivity contribution in [1.82, 2.24) is 10.2 Å². The van der Waals surface area contributed by atoms with E-state index < -0.39 is 0 Å². The topological polar surface area (TPSA) is 15.3 Å². The number of hydrogen-bond acceptors (Lipinski definition) is 3. The van der Waals surface area contributed by atoms with E-state index >= 15 is 0 Å². The number of unbranched alkanes of at least 4 members (excludes halogenated alkanes) is 2. The standard InChI is InChI=1S/C14H30N2S/c1-4-6-7-8-13(15-9-5-2)14-12-17-11-10-16(14)3/h13-15H,4-12H2,1-3H3. The van der Waals surface area contributed by atoms with Crippen LogP contribution in [0.5, 0.6) is 0 Å². The van der Waals surface area contributed by atoms with Crippen molar-refractivity contribution in [3.8, 4) is 0 Å². The smallest absolute Gasteiger partial charge is 0.0337 e. The molecule has 102 valence electrons. The predicted molar refractivity (Wildman–Crippen MR) is 80.0 cm³/mol. The first kappa shape index (κ1) is 15.3. The van der Waals surface area contributed by atoms with Crippen LogP contribution in [0.25, 0.3) is 0 Å². The zero-order valence-corrected chi connectivity index (χ0v) is 12.7. The molecule has 0 aromatic carbocycles. The van der Waals surface area contributed by atoms with Gasteiger partial charge in [-0.05, 0) is 26.4 Å². The fraction of sp³-hybridized carbons (Fsp3) is 1.00. The van der Waals surface area contributed by atoms with E-state index in [-0.39, 0.29) is 0 Å². The molecule has 1 aliphatic rings. The first-order chi connectivity index (χ1) is 8.29. The molecule has 0 spiro atoms. The van der Waals surface area contributed by atoms with Gasteiger partial charge in [0.1, 0.15) is 0 Å². The molecule has 0 aromatic rings. The molecule has 2 unspecified atom stereocenters.